The van der Waals surface area contributed by atoms with Gasteiger partial charge in [-0.3, -0.25) is 19.3 Å². The molecule has 34 heavy (non-hydrogen) atoms. The van der Waals surface area contributed by atoms with Crippen molar-refractivity contribution in [3.8, 4) is 11.5 Å². The summed E-state index contributed by atoms with van der Waals surface area (Å²) in [5, 5.41) is 0.911. The molecule has 0 aliphatic rings. The molecule has 0 aliphatic heterocycles. The number of aromatic nitrogens is 5. The number of nitrogens with one attached hydrogen (secondary N) is 1. The summed E-state index contributed by atoms with van der Waals surface area (Å²) < 4.78 is 14.5. The maximum absolute atomic E-state index is 12.7. The second-order valence-corrected chi connectivity index (χ2v) is 9.09. The van der Waals surface area contributed by atoms with Gasteiger partial charge < -0.3 is 14.0 Å². The van der Waals surface area contributed by atoms with Crippen LogP contribution >= 0.6 is 46.6 Å². The molecule has 1 N–H and O–H groups in total. The number of hydrogen-bond acceptors (Lipinski definition) is 6. The fourth-order valence-corrected chi connectivity index (χ4v) is 4.93. The van der Waals surface area contributed by atoms with Crippen molar-refractivity contribution in [3.63, 3.8) is 0 Å². The SMILES string of the molecule is COc1cc2cncc(C(Cl)c3nc4c(c(=O)[nH]c(=O)n4CC(C)C)n3CI)c2cc1OC.Cl. The average molecular weight is 620 g/mol. The van der Waals surface area contributed by atoms with Crippen LogP contribution in [0.25, 0.3) is 21.9 Å². The van der Waals surface area contributed by atoms with E-state index in [2.05, 4.69) is 32.6 Å². The number of alkyl halides is 2. The van der Waals surface area contributed by atoms with Crippen molar-refractivity contribution in [2.75, 3.05) is 14.2 Å². The lowest BCUT2D eigenvalue weighted by Crippen LogP contribution is -2.32. The molecule has 0 saturated heterocycles. The Balaban J connectivity index is 0.00000324. The molecule has 0 bridgehead atoms. The van der Waals surface area contributed by atoms with Crippen molar-refractivity contribution in [3.05, 3.63) is 56.8 Å². The van der Waals surface area contributed by atoms with E-state index >= 15 is 0 Å². The van der Waals surface area contributed by atoms with E-state index in [0.717, 1.165) is 10.8 Å². The third kappa shape index (κ3) is 4.50. The molecule has 4 rings (SSSR count). The zero-order chi connectivity index (χ0) is 23.9. The van der Waals surface area contributed by atoms with Gasteiger partial charge in [-0.25, -0.2) is 9.78 Å². The van der Waals surface area contributed by atoms with Crippen LogP contribution in [0.15, 0.2) is 34.1 Å². The molecule has 182 valence electrons. The molecule has 4 aromatic rings. The number of H-pyrrole nitrogens is 1. The monoisotopic (exact) mass is 619 g/mol. The van der Waals surface area contributed by atoms with Crippen molar-refractivity contribution < 1.29 is 9.47 Å². The van der Waals surface area contributed by atoms with Crippen LogP contribution in [-0.2, 0) is 11.1 Å². The molecular formula is C22H24Cl2IN5O4. The molecule has 0 spiro atoms. The number of fused-ring (bicyclic) bond motifs is 2. The van der Waals surface area contributed by atoms with Crippen LogP contribution in [0.2, 0.25) is 0 Å². The predicted molar refractivity (Wildman–Crippen MR) is 143 cm³/mol. The molecule has 0 fully saturated rings. The van der Waals surface area contributed by atoms with E-state index in [1.807, 2.05) is 26.0 Å². The Hall–Kier alpha value is -2.31. The number of pyridine rings is 1. The summed E-state index contributed by atoms with van der Waals surface area (Å²) in [6.07, 6.45) is 3.39. The van der Waals surface area contributed by atoms with Gasteiger partial charge in [0.25, 0.3) is 5.56 Å². The first-order chi connectivity index (χ1) is 15.8. The van der Waals surface area contributed by atoms with Crippen molar-refractivity contribution >= 4 is 68.5 Å². The Morgan fingerprint density at radius 2 is 1.79 bits per heavy atom. The van der Waals surface area contributed by atoms with E-state index in [9.17, 15) is 9.59 Å². The van der Waals surface area contributed by atoms with Crippen molar-refractivity contribution in [2.24, 2.45) is 5.92 Å². The van der Waals surface area contributed by atoms with Crippen LogP contribution in [0.1, 0.15) is 30.6 Å². The highest BCUT2D eigenvalue weighted by Gasteiger charge is 2.26. The third-order valence-electron chi connectivity index (χ3n) is 5.38. The maximum Gasteiger partial charge on any atom is 0.330 e. The van der Waals surface area contributed by atoms with Crippen LogP contribution in [0, 0.1) is 5.92 Å². The van der Waals surface area contributed by atoms with Gasteiger partial charge in [0.2, 0.25) is 0 Å². The van der Waals surface area contributed by atoms with E-state index in [0.29, 0.717) is 45.1 Å². The van der Waals surface area contributed by atoms with Gasteiger partial charge in [0, 0.05) is 29.9 Å². The summed E-state index contributed by atoms with van der Waals surface area (Å²) in [5.41, 5.74) is 0.364. The summed E-state index contributed by atoms with van der Waals surface area (Å²) in [5.74, 6) is 1.78. The zero-order valence-corrected chi connectivity index (χ0v) is 22.7. The maximum atomic E-state index is 12.7. The standard InChI is InChI=1S/C22H23ClIN5O4.ClH/c1-11(2)9-28-20-18(21(30)27-22(28)31)29(10-24)19(26-20)17(23)14-8-25-7-12-5-15(32-3)16(33-4)6-13(12)14;/h5-8,11,17H,9-10H2,1-4H3,(H,27,30,31);1H. The van der Waals surface area contributed by atoms with Gasteiger partial charge in [0.1, 0.15) is 11.2 Å². The molecule has 1 unspecified atom stereocenters. The summed E-state index contributed by atoms with van der Waals surface area (Å²) >= 11 is 9.14. The number of ether oxygens (including phenoxy) is 2. The lowest BCUT2D eigenvalue weighted by Gasteiger charge is -2.15. The largest absolute Gasteiger partial charge is 0.493 e. The van der Waals surface area contributed by atoms with Crippen LogP contribution in [0.3, 0.4) is 0 Å². The lowest BCUT2D eigenvalue weighted by molar-refractivity contribution is 0.356. The Morgan fingerprint density at radius 1 is 1.12 bits per heavy atom. The molecule has 12 heteroatoms. The highest BCUT2D eigenvalue weighted by atomic mass is 127. The minimum atomic E-state index is -0.733. The second-order valence-electron chi connectivity index (χ2n) is 7.97. The molecule has 9 nitrogen and oxygen atoms in total. The number of nitrogens with zero attached hydrogens (tertiary/aromatic N) is 4. The molecule has 3 heterocycles. The van der Waals surface area contributed by atoms with E-state index in [4.69, 9.17) is 26.1 Å². The van der Waals surface area contributed by atoms with Gasteiger partial charge in [0.15, 0.2) is 22.7 Å². The zero-order valence-electron chi connectivity index (χ0n) is 19.0. The highest BCUT2D eigenvalue weighted by Crippen LogP contribution is 2.38. The molecule has 0 saturated carbocycles. The molecule has 3 aromatic heterocycles. The minimum absolute atomic E-state index is 0. The molecule has 0 amide bonds. The number of benzene rings is 1. The van der Waals surface area contributed by atoms with Gasteiger partial charge in [-0.2, -0.15) is 0 Å². The van der Waals surface area contributed by atoms with E-state index in [1.165, 1.54) is 4.57 Å². The van der Waals surface area contributed by atoms with Gasteiger partial charge in [-0.1, -0.05) is 36.4 Å². The fourth-order valence-electron chi connectivity index (χ4n) is 3.90. The Kier molecular flexibility index (Phi) is 8.14. The summed E-state index contributed by atoms with van der Waals surface area (Å²) in [6.45, 7) is 4.41. The number of halogens is 3. The van der Waals surface area contributed by atoms with Crippen LogP contribution in [-0.4, -0.2) is 38.3 Å². The van der Waals surface area contributed by atoms with Crippen LogP contribution < -0.4 is 20.7 Å². The van der Waals surface area contributed by atoms with Crippen LogP contribution in [0.5, 0.6) is 11.5 Å². The number of hydrogen-bond donors (Lipinski definition) is 1. The highest BCUT2D eigenvalue weighted by molar-refractivity contribution is 14.1. The van der Waals surface area contributed by atoms with Gasteiger partial charge in [-0.05, 0) is 23.4 Å². The van der Waals surface area contributed by atoms with Gasteiger partial charge in [0.05, 0.1) is 18.8 Å². The molecule has 0 radical (unpaired) electrons. The smallest absolute Gasteiger partial charge is 0.330 e. The normalized spacial score (nSPS) is 12.2. The first-order valence-corrected chi connectivity index (χ1v) is 12.2. The van der Waals surface area contributed by atoms with E-state index in [1.54, 1.807) is 31.2 Å². The quantitative estimate of drug-likeness (QED) is 0.245. The molecule has 1 atom stereocenters. The van der Waals surface area contributed by atoms with E-state index < -0.39 is 16.6 Å². The van der Waals surface area contributed by atoms with Gasteiger partial charge >= 0.3 is 5.69 Å². The predicted octanol–water partition coefficient (Wildman–Crippen LogP) is 4.25. The summed E-state index contributed by atoms with van der Waals surface area (Å²) in [4.78, 5) is 36.7. The molecule has 0 aliphatic carbocycles. The number of aromatic amines is 1. The van der Waals surface area contributed by atoms with Crippen molar-refractivity contribution in [2.45, 2.75) is 30.3 Å². The van der Waals surface area contributed by atoms with E-state index in [-0.39, 0.29) is 18.3 Å². The van der Waals surface area contributed by atoms with Crippen LogP contribution in [0.4, 0.5) is 0 Å². The first kappa shape index (κ1) is 26.3. The number of rotatable bonds is 7. The second kappa shape index (κ2) is 10.5. The Morgan fingerprint density at radius 3 is 2.41 bits per heavy atom. The Labute approximate surface area is 220 Å². The van der Waals surface area contributed by atoms with Crippen molar-refractivity contribution in [1.29, 1.82) is 0 Å². The first-order valence-electron chi connectivity index (χ1n) is 10.2. The Bertz CT molecular complexity index is 1460. The number of imidazole rings is 1. The van der Waals surface area contributed by atoms with Gasteiger partial charge in [-0.15, -0.1) is 24.0 Å². The summed E-state index contributed by atoms with van der Waals surface area (Å²) in [6, 6.07) is 3.68. The summed E-state index contributed by atoms with van der Waals surface area (Å²) in [7, 11) is 3.14. The minimum Gasteiger partial charge on any atom is -0.493 e. The molecular weight excluding hydrogens is 596 g/mol. The fraction of sp³-hybridized carbons (Fsp3) is 0.364. The topological polar surface area (TPSA) is 104 Å². The third-order valence-corrected chi connectivity index (χ3v) is 6.49. The van der Waals surface area contributed by atoms with Crippen molar-refractivity contribution in [1.82, 2.24) is 24.1 Å². The lowest BCUT2D eigenvalue weighted by atomic mass is 10.0. The molecule has 1 aromatic carbocycles. The number of methoxy groups -OCH3 is 2. The average Bonchev–Trinajstić information content (AvgIpc) is 3.19.